The van der Waals surface area contributed by atoms with E-state index in [4.69, 9.17) is 4.42 Å². The fourth-order valence-corrected chi connectivity index (χ4v) is 2.55. The van der Waals surface area contributed by atoms with Gasteiger partial charge in [-0.05, 0) is 36.4 Å². The Balaban J connectivity index is 1.86. The number of para-hydroxylation sites is 1. The molecule has 2 heterocycles. The molecule has 0 radical (unpaired) electrons. The van der Waals surface area contributed by atoms with Crippen LogP contribution in [0.2, 0.25) is 0 Å². The summed E-state index contributed by atoms with van der Waals surface area (Å²) in [7, 11) is 0. The van der Waals surface area contributed by atoms with Crippen molar-refractivity contribution < 1.29 is 4.42 Å². The van der Waals surface area contributed by atoms with E-state index >= 15 is 0 Å². The summed E-state index contributed by atoms with van der Waals surface area (Å²) in [5, 5.41) is 4.26. The van der Waals surface area contributed by atoms with Crippen LogP contribution in [-0.2, 0) is 0 Å². The molecule has 0 unspecified atom stereocenters. The van der Waals surface area contributed by atoms with Crippen molar-refractivity contribution in [3.05, 3.63) is 59.3 Å². The minimum atomic E-state index is 0.665. The topological polar surface area (TPSA) is 51.0 Å². The van der Waals surface area contributed by atoms with E-state index in [1.54, 1.807) is 6.33 Å². The largest absolute Gasteiger partial charge is 0.450 e. The van der Waals surface area contributed by atoms with Crippen molar-refractivity contribution >= 4 is 49.5 Å². The molecule has 0 aliphatic heterocycles. The maximum atomic E-state index is 5.88. The lowest BCUT2D eigenvalue weighted by Gasteiger charge is -2.05. The van der Waals surface area contributed by atoms with Crippen molar-refractivity contribution in [3.8, 4) is 0 Å². The smallest absolute Gasteiger partial charge is 0.196 e. The number of halogens is 1. The Morgan fingerprint density at radius 2 is 1.76 bits per heavy atom. The molecule has 4 aromatic rings. The first-order valence-electron chi connectivity index (χ1n) is 6.46. The molecule has 0 amide bonds. The number of anilines is 2. The molecule has 0 aliphatic rings. The predicted octanol–water partition coefficient (Wildman–Crippen LogP) is 4.88. The van der Waals surface area contributed by atoms with Crippen LogP contribution in [0.1, 0.15) is 0 Å². The van der Waals surface area contributed by atoms with Crippen molar-refractivity contribution in [2.45, 2.75) is 0 Å². The first-order valence-corrected chi connectivity index (χ1v) is 7.25. The van der Waals surface area contributed by atoms with Gasteiger partial charge in [-0.3, -0.25) is 0 Å². The van der Waals surface area contributed by atoms with Gasteiger partial charge in [-0.25, -0.2) is 9.97 Å². The zero-order valence-electron chi connectivity index (χ0n) is 10.9. The van der Waals surface area contributed by atoms with Gasteiger partial charge in [0, 0.05) is 15.5 Å². The van der Waals surface area contributed by atoms with Gasteiger partial charge in [0.15, 0.2) is 11.4 Å². The Hall–Kier alpha value is -2.40. The fourth-order valence-electron chi connectivity index (χ4n) is 2.28. The van der Waals surface area contributed by atoms with Crippen LogP contribution < -0.4 is 5.32 Å². The number of hydrogen-bond donors (Lipinski definition) is 1. The molecular weight excluding hydrogens is 330 g/mol. The van der Waals surface area contributed by atoms with Crippen LogP contribution in [0.3, 0.4) is 0 Å². The molecule has 5 heteroatoms. The van der Waals surface area contributed by atoms with Crippen molar-refractivity contribution in [2.75, 3.05) is 5.32 Å². The third kappa shape index (κ3) is 2.15. The Kier molecular flexibility index (Phi) is 2.86. The molecule has 0 fully saturated rings. The van der Waals surface area contributed by atoms with Gasteiger partial charge in [0.1, 0.15) is 17.4 Å². The summed E-state index contributed by atoms with van der Waals surface area (Å²) in [5.41, 5.74) is 3.24. The normalized spacial score (nSPS) is 11.1. The van der Waals surface area contributed by atoms with Crippen molar-refractivity contribution in [1.29, 1.82) is 0 Å². The molecular formula is C16H10BrN3O. The Bertz CT molecular complexity index is 931. The van der Waals surface area contributed by atoms with E-state index in [0.29, 0.717) is 11.4 Å². The molecule has 0 aliphatic carbocycles. The highest BCUT2D eigenvalue weighted by Crippen LogP contribution is 2.31. The minimum Gasteiger partial charge on any atom is -0.450 e. The molecule has 102 valence electrons. The summed E-state index contributed by atoms with van der Waals surface area (Å²) in [6, 6.07) is 15.7. The molecule has 2 aromatic heterocycles. The standard InChI is InChI=1S/C16H10BrN3O/c17-10-5-7-11(8-6-10)20-16-15-14(18-9-19-16)12-3-1-2-4-13(12)21-15/h1-9H,(H,18,19,20). The van der Waals surface area contributed by atoms with E-state index in [2.05, 4.69) is 31.2 Å². The van der Waals surface area contributed by atoms with Gasteiger partial charge in [-0.1, -0.05) is 28.1 Å². The van der Waals surface area contributed by atoms with Gasteiger partial charge in [0.05, 0.1) is 0 Å². The predicted molar refractivity (Wildman–Crippen MR) is 86.7 cm³/mol. The van der Waals surface area contributed by atoms with E-state index in [1.807, 2.05) is 48.5 Å². The zero-order valence-corrected chi connectivity index (χ0v) is 12.5. The summed E-state index contributed by atoms with van der Waals surface area (Å²) < 4.78 is 6.91. The highest BCUT2D eigenvalue weighted by atomic mass is 79.9. The molecule has 1 N–H and O–H groups in total. The molecule has 21 heavy (non-hydrogen) atoms. The van der Waals surface area contributed by atoms with Gasteiger partial charge < -0.3 is 9.73 Å². The van der Waals surface area contributed by atoms with Gasteiger partial charge in [0.25, 0.3) is 0 Å². The van der Waals surface area contributed by atoms with E-state index in [1.165, 1.54) is 0 Å². The summed E-state index contributed by atoms with van der Waals surface area (Å²) >= 11 is 3.42. The molecule has 0 saturated heterocycles. The summed E-state index contributed by atoms with van der Waals surface area (Å²) in [6.45, 7) is 0. The molecule has 0 spiro atoms. The van der Waals surface area contributed by atoms with Crippen LogP contribution in [0.5, 0.6) is 0 Å². The fraction of sp³-hybridized carbons (Fsp3) is 0. The Labute approximate surface area is 129 Å². The van der Waals surface area contributed by atoms with E-state index in [0.717, 1.165) is 26.6 Å². The lowest BCUT2D eigenvalue weighted by molar-refractivity contribution is 0.667. The Morgan fingerprint density at radius 3 is 2.62 bits per heavy atom. The van der Waals surface area contributed by atoms with Gasteiger partial charge >= 0.3 is 0 Å². The second-order valence-corrected chi connectivity index (χ2v) is 5.55. The minimum absolute atomic E-state index is 0.665. The van der Waals surface area contributed by atoms with Crippen LogP contribution in [0.4, 0.5) is 11.5 Å². The van der Waals surface area contributed by atoms with Gasteiger partial charge in [-0.15, -0.1) is 0 Å². The van der Waals surface area contributed by atoms with Crippen LogP contribution >= 0.6 is 15.9 Å². The van der Waals surface area contributed by atoms with Gasteiger partial charge in [-0.2, -0.15) is 0 Å². The molecule has 0 atom stereocenters. The highest BCUT2D eigenvalue weighted by Gasteiger charge is 2.12. The third-order valence-electron chi connectivity index (χ3n) is 3.26. The number of rotatable bonds is 2. The lowest BCUT2D eigenvalue weighted by Crippen LogP contribution is -1.94. The number of nitrogens with one attached hydrogen (secondary N) is 1. The number of aromatic nitrogens is 2. The number of hydrogen-bond acceptors (Lipinski definition) is 4. The maximum Gasteiger partial charge on any atom is 0.196 e. The summed E-state index contributed by atoms with van der Waals surface area (Å²) in [5.74, 6) is 0.665. The third-order valence-corrected chi connectivity index (χ3v) is 3.79. The highest BCUT2D eigenvalue weighted by molar-refractivity contribution is 9.10. The molecule has 4 nitrogen and oxygen atoms in total. The summed E-state index contributed by atoms with van der Waals surface area (Å²) in [6.07, 6.45) is 1.55. The van der Waals surface area contributed by atoms with E-state index < -0.39 is 0 Å². The molecule has 0 saturated carbocycles. The van der Waals surface area contributed by atoms with E-state index in [9.17, 15) is 0 Å². The van der Waals surface area contributed by atoms with Crippen molar-refractivity contribution in [3.63, 3.8) is 0 Å². The Morgan fingerprint density at radius 1 is 0.952 bits per heavy atom. The maximum absolute atomic E-state index is 5.88. The van der Waals surface area contributed by atoms with Crippen LogP contribution in [0.25, 0.3) is 22.1 Å². The first-order chi connectivity index (χ1) is 10.3. The number of nitrogens with zero attached hydrogens (tertiary/aromatic N) is 2. The summed E-state index contributed by atoms with van der Waals surface area (Å²) in [4.78, 5) is 8.63. The second kappa shape index (κ2) is 4.86. The van der Waals surface area contributed by atoms with Crippen molar-refractivity contribution in [2.24, 2.45) is 0 Å². The molecule has 4 rings (SSSR count). The van der Waals surface area contributed by atoms with Crippen LogP contribution in [0.15, 0.2) is 63.7 Å². The van der Waals surface area contributed by atoms with Crippen LogP contribution in [-0.4, -0.2) is 9.97 Å². The van der Waals surface area contributed by atoms with Crippen molar-refractivity contribution in [1.82, 2.24) is 9.97 Å². The molecule has 0 bridgehead atoms. The quantitative estimate of drug-likeness (QED) is 0.565. The lowest BCUT2D eigenvalue weighted by atomic mass is 10.2. The number of furan rings is 1. The van der Waals surface area contributed by atoms with E-state index in [-0.39, 0.29) is 0 Å². The second-order valence-electron chi connectivity index (χ2n) is 4.63. The molecule has 2 aromatic carbocycles. The SMILES string of the molecule is Brc1ccc(Nc2ncnc3c2oc2ccccc23)cc1. The zero-order chi connectivity index (χ0) is 14.2. The van der Waals surface area contributed by atoms with Gasteiger partial charge in [0.2, 0.25) is 0 Å². The first kappa shape index (κ1) is 12.3. The number of benzene rings is 2. The average Bonchev–Trinajstić information content (AvgIpc) is 2.89. The average molecular weight is 340 g/mol. The monoisotopic (exact) mass is 339 g/mol. The van der Waals surface area contributed by atoms with Crippen LogP contribution in [0, 0.1) is 0 Å². The number of fused-ring (bicyclic) bond motifs is 3.